The van der Waals surface area contributed by atoms with Crippen LogP contribution in [-0.2, 0) is 19.0 Å². The molecule has 11 heteroatoms. The summed E-state index contributed by atoms with van der Waals surface area (Å²) in [7, 11) is 0. The van der Waals surface area contributed by atoms with Crippen molar-refractivity contribution >= 4 is 12.1 Å². The average Bonchev–Trinajstić information content (AvgIpc) is 3.82. The van der Waals surface area contributed by atoms with Crippen molar-refractivity contribution in [2.75, 3.05) is 19.6 Å². The van der Waals surface area contributed by atoms with E-state index in [0.29, 0.717) is 43.6 Å². The molecule has 10 unspecified atom stereocenters. The van der Waals surface area contributed by atoms with Gasteiger partial charge in [-0.25, -0.2) is 4.79 Å². The summed E-state index contributed by atoms with van der Waals surface area (Å²) in [6.07, 6.45) is 12.6. The highest BCUT2D eigenvalue weighted by molar-refractivity contribution is 5.70. The molecule has 3 heterocycles. The molecule has 1 saturated carbocycles. The number of nitrogens with zero attached hydrogens (tertiary/aromatic N) is 2. The number of allylic oxidation sites excluding steroid dienone is 2. The molecule has 0 bridgehead atoms. The van der Waals surface area contributed by atoms with Crippen LogP contribution in [0.5, 0.6) is 0 Å². The van der Waals surface area contributed by atoms with Crippen LogP contribution in [0.1, 0.15) is 112 Å². The molecule has 0 radical (unpaired) electrons. The Kier molecular flexibility index (Phi) is 14.6. The van der Waals surface area contributed by atoms with Gasteiger partial charge in [0, 0.05) is 38.0 Å². The van der Waals surface area contributed by atoms with Crippen LogP contribution in [-0.4, -0.2) is 116 Å². The van der Waals surface area contributed by atoms with E-state index in [1.54, 1.807) is 44.2 Å². The first-order valence-corrected chi connectivity index (χ1v) is 19.0. The normalized spacial score (nSPS) is 35.9. The molecule has 3 aliphatic heterocycles. The number of rotatable bonds is 10. The Hall–Kier alpha value is -2.28. The molecule has 284 valence electrons. The van der Waals surface area contributed by atoms with E-state index >= 15 is 0 Å². The molecule has 11 nitrogen and oxygen atoms in total. The van der Waals surface area contributed by atoms with Crippen molar-refractivity contribution in [1.82, 2.24) is 9.80 Å². The standard InChI is InChI=1S/C39H64N2O9/c1-7-12-26(2)36-31(48-36)24-38(5,46)19-11-13-27(3)35-28(4)16-17-32(39(6,47)20-18-30(42)23-34(44)50-35)49-37(45)41-22-21-40(25-33(41)43)29-14-9-8-10-15-29/h11,13,16-17,19,26,28-33,35-36,42-43,46-47H,7-10,12,14-15,18,20-25H2,1-6H3. The first-order chi connectivity index (χ1) is 23.6. The van der Waals surface area contributed by atoms with Crippen LogP contribution in [0, 0.1) is 11.8 Å². The van der Waals surface area contributed by atoms with Gasteiger partial charge in [0.2, 0.25) is 0 Å². The van der Waals surface area contributed by atoms with Crippen LogP contribution in [0.4, 0.5) is 4.79 Å². The number of β-amino-alcohol motifs (C(OH)–C–C–N with tert-alkyl or cyclic N) is 1. The third-order valence-corrected chi connectivity index (χ3v) is 11.1. The largest absolute Gasteiger partial charge is 0.457 e. The summed E-state index contributed by atoms with van der Waals surface area (Å²) in [6, 6.07) is 0.423. The quantitative estimate of drug-likeness (QED) is 0.106. The van der Waals surface area contributed by atoms with E-state index in [2.05, 4.69) is 18.7 Å². The maximum Gasteiger partial charge on any atom is 0.412 e. The summed E-state index contributed by atoms with van der Waals surface area (Å²) in [5, 5.41) is 44.2. The Morgan fingerprint density at radius 2 is 1.90 bits per heavy atom. The molecule has 10 atom stereocenters. The van der Waals surface area contributed by atoms with Gasteiger partial charge in [0.25, 0.3) is 0 Å². The number of cyclic esters (lactones) is 1. The number of amides is 1. The van der Waals surface area contributed by atoms with E-state index in [-0.39, 0.29) is 31.5 Å². The molecule has 0 aromatic heterocycles. The summed E-state index contributed by atoms with van der Waals surface area (Å²) in [4.78, 5) is 29.9. The summed E-state index contributed by atoms with van der Waals surface area (Å²) in [5.41, 5.74) is -1.93. The predicted octanol–water partition coefficient (Wildman–Crippen LogP) is 5.01. The number of hydrogen-bond donors (Lipinski definition) is 4. The van der Waals surface area contributed by atoms with E-state index < -0.39 is 53.7 Å². The van der Waals surface area contributed by atoms with E-state index in [9.17, 15) is 30.0 Å². The molecule has 1 amide bonds. The van der Waals surface area contributed by atoms with Crippen LogP contribution in [0.3, 0.4) is 0 Å². The van der Waals surface area contributed by atoms with E-state index in [1.165, 1.54) is 24.2 Å². The first kappa shape index (κ1) is 40.5. The fourth-order valence-electron chi connectivity index (χ4n) is 7.82. The van der Waals surface area contributed by atoms with Crippen molar-refractivity contribution in [2.24, 2.45) is 11.8 Å². The van der Waals surface area contributed by atoms with E-state index in [4.69, 9.17) is 14.2 Å². The van der Waals surface area contributed by atoms with Crippen molar-refractivity contribution in [2.45, 2.75) is 166 Å². The number of carbonyl (C=O) groups excluding carboxylic acids is 2. The van der Waals surface area contributed by atoms with Gasteiger partial charge < -0.3 is 34.6 Å². The smallest absolute Gasteiger partial charge is 0.412 e. The van der Waals surface area contributed by atoms with Crippen molar-refractivity contribution < 1.29 is 44.2 Å². The summed E-state index contributed by atoms with van der Waals surface area (Å²) in [5.74, 6) is -0.506. The monoisotopic (exact) mass is 704 g/mol. The Balaban J connectivity index is 1.44. The molecule has 2 saturated heterocycles. The summed E-state index contributed by atoms with van der Waals surface area (Å²) in [6.45, 7) is 12.6. The van der Waals surface area contributed by atoms with Crippen LogP contribution in [0.2, 0.25) is 0 Å². The lowest BCUT2D eigenvalue weighted by Gasteiger charge is -2.43. The lowest BCUT2D eigenvalue weighted by molar-refractivity contribution is -0.151. The van der Waals surface area contributed by atoms with Gasteiger partial charge in [0.05, 0.1) is 30.3 Å². The van der Waals surface area contributed by atoms with E-state index in [1.807, 2.05) is 13.8 Å². The molecule has 50 heavy (non-hydrogen) atoms. The number of carbonyl (C=O) groups is 2. The van der Waals surface area contributed by atoms with Gasteiger partial charge in [0.15, 0.2) is 6.10 Å². The minimum Gasteiger partial charge on any atom is -0.457 e. The van der Waals surface area contributed by atoms with Gasteiger partial charge in [0.1, 0.15) is 17.9 Å². The Morgan fingerprint density at radius 3 is 2.58 bits per heavy atom. The van der Waals surface area contributed by atoms with Crippen molar-refractivity contribution in [1.29, 1.82) is 0 Å². The number of aliphatic hydroxyl groups excluding tert-OH is 2. The van der Waals surface area contributed by atoms with E-state index in [0.717, 1.165) is 25.7 Å². The SMILES string of the molecule is CCCC(C)C1OC1CC(C)(O)C=CC=C(C)C1OC(=O)CC(O)CCC(C)(O)C(OC(=O)N2CCN(C3CCCCC3)CC2O)C=CC1C. The van der Waals surface area contributed by atoms with Crippen molar-refractivity contribution in [3.63, 3.8) is 0 Å². The molecule has 0 aromatic carbocycles. The molecule has 4 N–H and O–H groups in total. The van der Waals surface area contributed by atoms with Gasteiger partial charge in [-0.05, 0) is 70.4 Å². The number of aliphatic hydroxyl groups is 4. The number of ether oxygens (including phenoxy) is 3. The zero-order chi connectivity index (χ0) is 36.6. The minimum absolute atomic E-state index is 0.0267. The Labute approximate surface area is 299 Å². The lowest BCUT2D eigenvalue weighted by atomic mass is 9.88. The Morgan fingerprint density at radius 1 is 1.18 bits per heavy atom. The summed E-state index contributed by atoms with van der Waals surface area (Å²) >= 11 is 0. The van der Waals surface area contributed by atoms with Crippen LogP contribution in [0.25, 0.3) is 0 Å². The number of piperazine rings is 1. The van der Waals surface area contributed by atoms with Gasteiger partial charge >= 0.3 is 12.1 Å². The zero-order valence-corrected chi connectivity index (χ0v) is 31.2. The maximum absolute atomic E-state index is 13.5. The van der Waals surface area contributed by atoms with Crippen LogP contribution >= 0.6 is 0 Å². The molecule has 4 rings (SSSR count). The third kappa shape index (κ3) is 11.6. The molecule has 4 aliphatic rings. The second-order valence-electron chi connectivity index (χ2n) is 15.9. The van der Waals surface area contributed by atoms with Crippen LogP contribution < -0.4 is 0 Å². The fourth-order valence-corrected chi connectivity index (χ4v) is 7.82. The van der Waals surface area contributed by atoms with Gasteiger partial charge in [-0.3, -0.25) is 14.6 Å². The van der Waals surface area contributed by atoms with Crippen LogP contribution in [0.15, 0.2) is 36.0 Å². The number of epoxide rings is 1. The highest BCUT2D eigenvalue weighted by atomic mass is 16.6. The molecular weight excluding hydrogens is 640 g/mol. The van der Waals surface area contributed by atoms with Gasteiger partial charge in [-0.2, -0.15) is 0 Å². The summed E-state index contributed by atoms with van der Waals surface area (Å²) < 4.78 is 17.6. The van der Waals surface area contributed by atoms with Crippen molar-refractivity contribution in [3.05, 3.63) is 36.0 Å². The first-order valence-electron chi connectivity index (χ1n) is 19.0. The lowest BCUT2D eigenvalue weighted by Crippen LogP contribution is -2.58. The number of hydrogen-bond acceptors (Lipinski definition) is 10. The second-order valence-corrected chi connectivity index (χ2v) is 15.9. The molecule has 1 aliphatic carbocycles. The second kappa shape index (κ2) is 18.0. The van der Waals surface area contributed by atoms with Gasteiger partial charge in [-0.15, -0.1) is 0 Å². The minimum atomic E-state index is -1.56. The molecule has 3 fully saturated rings. The highest BCUT2D eigenvalue weighted by Crippen LogP contribution is 2.37. The number of esters is 1. The highest BCUT2D eigenvalue weighted by Gasteiger charge is 2.45. The molecule has 0 aromatic rings. The zero-order valence-electron chi connectivity index (χ0n) is 31.2. The van der Waals surface area contributed by atoms with Gasteiger partial charge in [-0.1, -0.05) is 70.8 Å². The third-order valence-electron chi connectivity index (χ3n) is 11.1. The maximum atomic E-state index is 13.5. The average molecular weight is 705 g/mol. The molecule has 0 spiro atoms. The van der Waals surface area contributed by atoms with Crippen molar-refractivity contribution in [3.8, 4) is 0 Å². The predicted molar refractivity (Wildman–Crippen MR) is 191 cm³/mol. The Bertz CT molecular complexity index is 1210. The topological polar surface area (TPSA) is 153 Å². The molecular formula is C39H64N2O9. The fraction of sp³-hybridized carbons (Fsp3) is 0.795.